The van der Waals surface area contributed by atoms with E-state index in [1.54, 1.807) is 0 Å². The molecule has 216 valence electrons. The highest BCUT2D eigenvalue weighted by molar-refractivity contribution is 6.39. The lowest BCUT2D eigenvalue weighted by Gasteiger charge is -2.30. The molecule has 0 spiro atoms. The van der Waals surface area contributed by atoms with Gasteiger partial charge in [0.25, 0.3) is 0 Å². The Labute approximate surface area is 254 Å². The Morgan fingerprint density at radius 2 is 1.54 bits per heavy atom. The highest BCUT2D eigenvalue weighted by Crippen LogP contribution is 2.41. The summed E-state index contributed by atoms with van der Waals surface area (Å²) < 4.78 is 0. The molecule has 41 heavy (non-hydrogen) atoms. The molecule has 0 bridgehead atoms. The number of aliphatic imine (C=N–C) groups is 1. The van der Waals surface area contributed by atoms with Crippen LogP contribution in [0.4, 0.5) is 0 Å². The standard InChI is InChI=1S/C33H40Cl2N6/c1-5-26-30(20-40(7-3)8-4)36-18-28(38-26)24-14-9-12-22(32(24)34)23-13-10-15-25(33(23)35)29-19-37-31(27(6-2)39-29)21-41-16-11-17-41/h9-10,12-15,18-19,30,36H,5-8,11,16-17,20-21H2,1-4H3. The predicted molar refractivity (Wildman–Crippen MR) is 173 cm³/mol. The van der Waals surface area contributed by atoms with Gasteiger partial charge in [-0.05, 0) is 45.4 Å². The van der Waals surface area contributed by atoms with Crippen LogP contribution in [0.1, 0.15) is 57.5 Å². The third kappa shape index (κ3) is 6.36. The molecule has 1 unspecified atom stereocenters. The molecule has 0 radical (unpaired) electrons. The Morgan fingerprint density at radius 3 is 2.15 bits per heavy atom. The molecule has 1 fully saturated rings. The van der Waals surface area contributed by atoms with Gasteiger partial charge in [0.1, 0.15) is 0 Å². The van der Waals surface area contributed by atoms with Gasteiger partial charge in [0, 0.05) is 47.3 Å². The first-order valence-corrected chi connectivity index (χ1v) is 15.6. The molecule has 6 nitrogen and oxygen atoms in total. The number of likely N-dealkylation sites (N-methyl/N-ethyl adjacent to an activating group) is 1. The molecule has 0 amide bonds. The van der Waals surface area contributed by atoms with Crippen molar-refractivity contribution in [2.75, 3.05) is 32.7 Å². The third-order valence-corrected chi connectivity index (χ3v) is 9.03. The molecule has 0 saturated carbocycles. The van der Waals surface area contributed by atoms with E-state index >= 15 is 0 Å². The van der Waals surface area contributed by atoms with Crippen molar-refractivity contribution in [3.63, 3.8) is 0 Å². The summed E-state index contributed by atoms with van der Waals surface area (Å²) in [5, 5.41) is 4.84. The van der Waals surface area contributed by atoms with Crippen LogP contribution in [0.3, 0.4) is 0 Å². The number of aryl methyl sites for hydroxylation is 1. The number of halogens is 2. The second kappa shape index (κ2) is 13.5. The third-order valence-electron chi connectivity index (χ3n) is 8.21. The summed E-state index contributed by atoms with van der Waals surface area (Å²) in [6.07, 6.45) is 6.81. The number of rotatable bonds is 11. The number of nitrogens with zero attached hydrogens (tertiary/aromatic N) is 5. The normalized spacial score (nSPS) is 17.2. The van der Waals surface area contributed by atoms with Gasteiger partial charge in [-0.2, -0.15) is 0 Å². The number of likely N-dealkylation sites (tertiary alicyclic amines) is 1. The molecular formula is C33H40Cl2N6. The van der Waals surface area contributed by atoms with E-state index in [4.69, 9.17) is 38.2 Å². The lowest BCUT2D eigenvalue weighted by molar-refractivity contribution is 0.169. The highest BCUT2D eigenvalue weighted by atomic mass is 35.5. The molecule has 1 N–H and O–H groups in total. The second-order valence-electron chi connectivity index (χ2n) is 10.7. The first-order chi connectivity index (χ1) is 20.0. The zero-order chi connectivity index (χ0) is 28.9. The van der Waals surface area contributed by atoms with Gasteiger partial charge in [-0.15, -0.1) is 0 Å². The van der Waals surface area contributed by atoms with Gasteiger partial charge in [0.05, 0.1) is 45.1 Å². The Kier molecular flexibility index (Phi) is 9.76. The Balaban J connectivity index is 1.45. The fourth-order valence-corrected chi connectivity index (χ4v) is 6.18. The van der Waals surface area contributed by atoms with Crippen molar-refractivity contribution < 1.29 is 0 Å². The van der Waals surface area contributed by atoms with Crippen molar-refractivity contribution >= 4 is 34.6 Å². The van der Waals surface area contributed by atoms with E-state index in [1.165, 1.54) is 6.42 Å². The van der Waals surface area contributed by atoms with Crippen LogP contribution in [0.2, 0.25) is 10.0 Å². The summed E-state index contributed by atoms with van der Waals surface area (Å²) in [5.41, 5.74) is 8.31. The molecule has 3 heterocycles. The molecule has 1 atom stereocenters. The molecule has 2 aliphatic heterocycles. The average molecular weight is 592 g/mol. The van der Waals surface area contributed by atoms with Crippen LogP contribution in [0.15, 0.2) is 53.8 Å². The summed E-state index contributed by atoms with van der Waals surface area (Å²) >= 11 is 14.2. The van der Waals surface area contributed by atoms with E-state index in [1.807, 2.05) is 48.8 Å². The smallest absolute Gasteiger partial charge is 0.0903 e. The molecule has 0 aliphatic carbocycles. The Hall–Kier alpha value is -2.77. The first-order valence-electron chi connectivity index (χ1n) is 14.9. The maximum absolute atomic E-state index is 7.10. The minimum Gasteiger partial charge on any atom is -0.380 e. The fraction of sp³-hybridized carbons (Fsp3) is 0.424. The SMILES string of the molecule is CCC1=NC(c2cccc(-c3cccc(-c4cnc(CN5CCC5)c(CC)n4)c3Cl)c2Cl)=CNC1CN(CC)CC. The Morgan fingerprint density at radius 1 is 0.878 bits per heavy atom. The minimum absolute atomic E-state index is 0.197. The predicted octanol–water partition coefficient (Wildman–Crippen LogP) is 7.35. The van der Waals surface area contributed by atoms with Crippen LogP contribution in [-0.4, -0.2) is 64.2 Å². The van der Waals surface area contributed by atoms with Crippen LogP contribution in [0, 0.1) is 0 Å². The lowest BCUT2D eigenvalue weighted by Crippen LogP contribution is -2.45. The van der Waals surface area contributed by atoms with Crippen LogP contribution in [0.25, 0.3) is 28.1 Å². The summed E-state index contributed by atoms with van der Waals surface area (Å²) in [6, 6.07) is 12.3. The molecule has 2 aliphatic rings. The van der Waals surface area contributed by atoms with Crippen molar-refractivity contribution in [2.24, 2.45) is 4.99 Å². The maximum Gasteiger partial charge on any atom is 0.0903 e. The van der Waals surface area contributed by atoms with Crippen molar-refractivity contribution in [2.45, 2.75) is 59.5 Å². The van der Waals surface area contributed by atoms with Gasteiger partial charge < -0.3 is 10.2 Å². The highest BCUT2D eigenvalue weighted by Gasteiger charge is 2.23. The molecule has 1 aromatic heterocycles. The van der Waals surface area contributed by atoms with E-state index in [0.717, 1.165) is 103 Å². The molecule has 3 aromatic rings. The first kappa shape index (κ1) is 29.7. The Bertz CT molecular complexity index is 1440. The number of hydrogen-bond acceptors (Lipinski definition) is 6. The minimum atomic E-state index is 0.197. The zero-order valence-corrected chi connectivity index (χ0v) is 26.1. The van der Waals surface area contributed by atoms with Gasteiger partial charge in [-0.3, -0.25) is 14.9 Å². The van der Waals surface area contributed by atoms with Gasteiger partial charge in [-0.25, -0.2) is 4.98 Å². The average Bonchev–Trinajstić information content (AvgIpc) is 2.98. The zero-order valence-electron chi connectivity index (χ0n) is 24.6. The lowest BCUT2D eigenvalue weighted by atomic mass is 9.98. The van der Waals surface area contributed by atoms with E-state index in [0.29, 0.717) is 10.0 Å². The quantitative estimate of drug-likeness (QED) is 0.253. The summed E-state index contributed by atoms with van der Waals surface area (Å²) in [6.45, 7) is 14.8. The summed E-state index contributed by atoms with van der Waals surface area (Å²) in [4.78, 5) is 19.7. The van der Waals surface area contributed by atoms with Crippen LogP contribution in [-0.2, 0) is 13.0 Å². The molecular weight excluding hydrogens is 551 g/mol. The van der Waals surface area contributed by atoms with Crippen molar-refractivity contribution in [3.05, 3.63) is 75.8 Å². The van der Waals surface area contributed by atoms with Crippen LogP contribution >= 0.6 is 23.2 Å². The van der Waals surface area contributed by atoms with Crippen LogP contribution < -0.4 is 5.32 Å². The van der Waals surface area contributed by atoms with Gasteiger partial charge >= 0.3 is 0 Å². The molecule has 5 rings (SSSR count). The maximum atomic E-state index is 7.10. The fourth-order valence-electron chi connectivity index (χ4n) is 5.53. The number of nitrogens with one attached hydrogen (secondary N) is 1. The molecule has 1 saturated heterocycles. The van der Waals surface area contributed by atoms with E-state index < -0.39 is 0 Å². The number of hydrogen-bond donors (Lipinski definition) is 1. The van der Waals surface area contributed by atoms with E-state index in [9.17, 15) is 0 Å². The van der Waals surface area contributed by atoms with Gasteiger partial charge in [0.15, 0.2) is 0 Å². The molecule has 8 heteroatoms. The monoisotopic (exact) mass is 590 g/mol. The van der Waals surface area contributed by atoms with Crippen LogP contribution in [0.5, 0.6) is 0 Å². The number of aromatic nitrogens is 2. The largest absolute Gasteiger partial charge is 0.380 e. The summed E-state index contributed by atoms with van der Waals surface area (Å²) in [5.74, 6) is 0. The van der Waals surface area contributed by atoms with E-state index in [2.05, 4.69) is 42.8 Å². The number of benzene rings is 2. The van der Waals surface area contributed by atoms with Gasteiger partial charge in [0.2, 0.25) is 0 Å². The van der Waals surface area contributed by atoms with E-state index in [-0.39, 0.29) is 6.04 Å². The van der Waals surface area contributed by atoms with Crippen molar-refractivity contribution in [1.29, 1.82) is 0 Å². The van der Waals surface area contributed by atoms with Crippen molar-refractivity contribution in [3.8, 4) is 22.4 Å². The topological polar surface area (TPSA) is 56.7 Å². The van der Waals surface area contributed by atoms with Crippen molar-refractivity contribution in [1.82, 2.24) is 25.1 Å². The molecule has 2 aromatic carbocycles. The summed E-state index contributed by atoms with van der Waals surface area (Å²) in [7, 11) is 0. The second-order valence-corrected chi connectivity index (χ2v) is 11.4. The van der Waals surface area contributed by atoms with Gasteiger partial charge in [-0.1, -0.05) is 87.3 Å².